The lowest BCUT2D eigenvalue weighted by molar-refractivity contribution is -0.140. The molecule has 2 heterocycles. The summed E-state index contributed by atoms with van der Waals surface area (Å²) in [6, 6.07) is 4.08. The normalized spacial score (nSPS) is 13.5. The van der Waals surface area contributed by atoms with E-state index in [0.29, 0.717) is 15.6 Å². The number of hydrogen-bond acceptors (Lipinski definition) is 3. The first kappa shape index (κ1) is 17.3. The Morgan fingerprint density at radius 2 is 1.88 bits per heavy atom. The van der Waals surface area contributed by atoms with E-state index in [1.54, 1.807) is 19.1 Å². The number of aromatic nitrogens is 4. The van der Waals surface area contributed by atoms with Gasteiger partial charge in [-0.1, -0.05) is 40.9 Å². The summed E-state index contributed by atoms with van der Waals surface area (Å²) in [4.78, 5) is 7.67. The Morgan fingerprint density at radius 3 is 2.50 bits per heavy atom. The summed E-state index contributed by atoms with van der Waals surface area (Å²) in [5, 5.41) is 4.35. The van der Waals surface area contributed by atoms with Crippen LogP contribution in [0.4, 0.5) is 13.2 Å². The average molecular weight is 396 g/mol. The number of rotatable bonds is 2. The predicted octanol–water partition coefficient (Wildman–Crippen LogP) is 5.41. The van der Waals surface area contributed by atoms with Gasteiger partial charge in [0.15, 0.2) is 11.3 Å². The van der Waals surface area contributed by atoms with Crippen molar-refractivity contribution < 1.29 is 13.2 Å². The van der Waals surface area contributed by atoms with E-state index in [-0.39, 0.29) is 16.3 Å². The quantitative estimate of drug-likeness (QED) is 0.582. The van der Waals surface area contributed by atoms with Crippen LogP contribution in [0.2, 0.25) is 15.2 Å². The van der Waals surface area contributed by atoms with Gasteiger partial charge in [-0.3, -0.25) is 0 Å². The fourth-order valence-electron chi connectivity index (χ4n) is 2.32. The van der Waals surface area contributed by atoms with Crippen molar-refractivity contribution in [3.05, 3.63) is 50.9 Å². The average Bonchev–Trinajstić information content (AvgIpc) is 2.85. The van der Waals surface area contributed by atoms with Gasteiger partial charge < -0.3 is 0 Å². The largest absolute Gasteiger partial charge is 0.437 e. The fraction of sp³-hybridized carbons (Fsp3) is 0.214. The molecule has 0 spiro atoms. The van der Waals surface area contributed by atoms with Crippen molar-refractivity contribution in [3.63, 3.8) is 0 Å². The maximum Gasteiger partial charge on any atom is 0.437 e. The molecule has 0 amide bonds. The van der Waals surface area contributed by atoms with Gasteiger partial charge in [-0.05, 0) is 24.6 Å². The monoisotopic (exact) mass is 394 g/mol. The van der Waals surface area contributed by atoms with Crippen molar-refractivity contribution in [1.82, 2.24) is 19.7 Å². The van der Waals surface area contributed by atoms with Crippen molar-refractivity contribution in [3.8, 4) is 0 Å². The number of nitrogens with zero attached hydrogens (tertiary/aromatic N) is 4. The molecule has 0 aliphatic carbocycles. The van der Waals surface area contributed by atoms with E-state index < -0.39 is 17.9 Å². The van der Waals surface area contributed by atoms with Gasteiger partial charge in [0.05, 0.1) is 12.2 Å². The van der Waals surface area contributed by atoms with Crippen LogP contribution in [-0.2, 0) is 6.18 Å². The maximum absolute atomic E-state index is 13.2. The molecule has 24 heavy (non-hydrogen) atoms. The number of halogens is 6. The minimum absolute atomic E-state index is 0.0354. The van der Waals surface area contributed by atoms with E-state index >= 15 is 0 Å². The van der Waals surface area contributed by atoms with E-state index in [0.717, 1.165) is 10.9 Å². The zero-order valence-electron chi connectivity index (χ0n) is 11.9. The Balaban J connectivity index is 2.23. The summed E-state index contributed by atoms with van der Waals surface area (Å²) in [7, 11) is 0. The SMILES string of the molecule is C[C@H](c1ccc(Cl)cc1Cl)n1nc(C(F)(F)F)c2ncc(Cl)nc21. The molecule has 3 rings (SSSR count). The first-order valence-electron chi connectivity index (χ1n) is 6.61. The summed E-state index contributed by atoms with van der Waals surface area (Å²) in [6.07, 6.45) is -3.62. The molecule has 1 aromatic carbocycles. The summed E-state index contributed by atoms with van der Waals surface area (Å²) in [5.41, 5.74) is -1.03. The van der Waals surface area contributed by atoms with Crippen molar-refractivity contribution >= 4 is 46.0 Å². The Labute approximate surface area is 149 Å². The number of alkyl halides is 3. The Kier molecular flexibility index (Phi) is 4.36. The maximum atomic E-state index is 13.2. The van der Waals surface area contributed by atoms with E-state index in [1.165, 1.54) is 6.07 Å². The predicted molar refractivity (Wildman–Crippen MR) is 85.6 cm³/mol. The van der Waals surface area contributed by atoms with Crippen LogP contribution < -0.4 is 0 Å². The van der Waals surface area contributed by atoms with Gasteiger partial charge in [0.2, 0.25) is 0 Å². The third kappa shape index (κ3) is 3.03. The summed E-state index contributed by atoms with van der Waals surface area (Å²) in [6.45, 7) is 1.64. The molecule has 0 N–H and O–H groups in total. The van der Waals surface area contributed by atoms with Crippen LogP contribution >= 0.6 is 34.8 Å². The van der Waals surface area contributed by atoms with Crippen LogP contribution in [0.25, 0.3) is 11.2 Å². The van der Waals surface area contributed by atoms with Crippen LogP contribution in [-0.4, -0.2) is 19.7 Å². The molecule has 3 aromatic rings. The summed E-state index contributed by atoms with van der Waals surface area (Å²) < 4.78 is 40.7. The van der Waals surface area contributed by atoms with E-state index in [2.05, 4.69) is 15.1 Å². The van der Waals surface area contributed by atoms with Gasteiger partial charge >= 0.3 is 6.18 Å². The third-order valence-electron chi connectivity index (χ3n) is 3.42. The van der Waals surface area contributed by atoms with Crippen molar-refractivity contribution in [1.29, 1.82) is 0 Å². The minimum Gasteiger partial charge on any atom is -0.247 e. The van der Waals surface area contributed by atoms with Gasteiger partial charge in [0.1, 0.15) is 10.7 Å². The van der Waals surface area contributed by atoms with Gasteiger partial charge in [-0.25, -0.2) is 14.6 Å². The molecule has 1 atom stereocenters. The highest BCUT2D eigenvalue weighted by Gasteiger charge is 2.39. The summed E-state index contributed by atoms with van der Waals surface area (Å²) in [5.74, 6) is 0. The zero-order chi connectivity index (χ0) is 17.6. The van der Waals surface area contributed by atoms with Crippen LogP contribution in [0.1, 0.15) is 24.2 Å². The van der Waals surface area contributed by atoms with E-state index in [4.69, 9.17) is 34.8 Å². The lowest BCUT2D eigenvalue weighted by Crippen LogP contribution is -2.12. The molecule has 0 bridgehead atoms. The van der Waals surface area contributed by atoms with Gasteiger partial charge in [0.25, 0.3) is 0 Å². The lowest BCUT2D eigenvalue weighted by atomic mass is 10.1. The van der Waals surface area contributed by atoms with Crippen molar-refractivity contribution in [2.75, 3.05) is 0 Å². The molecule has 0 saturated carbocycles. The smallest absolute Gasteiger partial charge is 0.247 e. The fourth-order valence-corrected chi connectivity index (χ4v) is 3.02. The Bertz CT molecular complexity index is 924. The zero-order valence-corrected chi connectivity index (χ0v) is 14.2. The molecular formula is C14H8Cl3F3N4. The van der Waals surface area contributed by atoms with E-state index in [9.17, 15) is 13.2 Å². The molecule has 4 nitrogen and oxygen atoms in total. The third-order valence-corrected chi connectivity index (χ3v) is 4.17. The van der Waals surface area contributed by atoms with E-state index in [1.807, 2.05) is 0 Å². The number of benzene rings is 1. The summed E-state index contributed by atoms with van der Waals surface area (Å²) >= 11 is 17.8. The Hall–Kier alpha value is -1.57. The first-order valence-corrected chi connectivity index (χ1v) is 7.74. The highest BCUT2D eigenvalue weighted by molar-refractivity contribution is 6.35. The molecule has 0 unspecified atom stereocenters. The van der Waals surface area contributed by atoms with Gasteiger partial charge in [-0.2, -0.15) is 18.3 Å². The molecule has 0 aliphatic heterocycles. The standard InChI is InChI=1S/C14H8Cl3F3N4/c1-6(8-3-2-7(15)4-9(8)16)24-13-11(21-5-10(17)22-13)12(23-24)14(18,19)20/h2-6H,1H3/t6-/m1/s1. The highest BCUT2D eigenvalue weighted by Crippen LogP contribution is 2.36. The molecule has 10 heteroatoms. The lowest BCUT2D eigenvalue weighted by Gasteiger charge is -2.15. The molecule has 0 saturated heterocycles. The molecule has 2 aromatic heterocycles. The molecule has 0 radical (unpaired) electrons. The molecule has 0 fully saturated rings. The second-order valence-electron chi connectivity index (χ2n) is 5.00. The van der Waals surface area contributed by atoms with Crippen LogP contribution in [0.5, 0.6) is 0 Å². The Morgan fingerprint density at radius 1 is 1.17 bits per heavy atom. The first-order chi connectivity index (χ1) is 11.2. The topological polar surface area (TPSA) is 43.6 Å². The van der Waals surface area contributed by atoms with Crippen LogP contribution in [0.15, 0.2) is 24.4 Å². The minimum atomic E-state index is -4.67. The van der Waals surface area contributed by atoms with Crippen molar-refractivity contribution in [2.24, 2.45) is 0 Å². The van der Waals surface area contributed by atoms with Gasteiger partial charge in [-0.15, -0.1) is 0 Å². The number of hydrogen-bond donors (Lipinski definition) is 0. The number of fused-ring (bicyclic) bond motifs is 1. The van der Waals surface area contributed by atoms with Crippen LogP contribution in [0, 0.1) is 0 Å². The van der Waals surface area contributed by atoms with Crippen molar-refractivity contribution in [2.45, 2.75) is 19.1 Å². The van der Waals surface area contributed by atoms with Crippen LogP contribution in [0.3, 0.4) is 0 Å². The second kappa shape index (κ2) is 6.06. The molecular weight excluding hydrogens is 388 g/mol. The second-order valence-corrected chi connectivity index (χ2v) is 6.23. The highest BCUT2D eigenvalue weighted by atomic mass is 35.5. The molecule has 126 valence electrons. The van der Waals surface area contributed by atoms with Gasteiger partial charge in [0, 0.05) is 10.0 Å². The molecule has 0 aliphatic rings.